The molecule has 0 saturated carbocycles. The highest BCUT2D eigenvalue weighted by Crippen LogP contribution is 2.33. The quantitative estimate of drug-likeness (QED) is 0.626. The first-order valence-corrected chi connectivity index (χ1v) is 7.26. The van der Waals surface area contributed by atoms with Gasteiger partial charge in [0.25, 0.3) is 5.69 Å². The summed E-state index contributed by atoms with van der Waals surface area (Å²) in [6.07, 6.45) is -0.121. The summed E-state index contributed by atoms with van der Waals surface area (Å²) in [4.78, 5) is 10.4. The van der Waals surface area contributed by atoms with E-state index < -0.39 is 4.92 Å². The predicted octanol–water partition coefficient (Wildman–Crippen LogP) is 3.11. The van der Waals surface area contributed by atoms with Gasteiger partial charge in [0.15, 0.2) is 0 Å². The minimum atomic E-state index is -0.401. The highest BCUT2D eigenvalue weighted by molar-refractivity contribution is 5.41. The van der Waals surface area contributed by atoms with E-state index in [4.69, 9.17) is 14.2 Å². The van der Waals surface area contributed by atoms with Crippen LogP contribution >= 0.6 is 0 Å². The molecule has 0 spiro atoms. The molecule has 3 rings (SSSR count). The summed E-state index contributed by atoms with van der Waals surface area (Å²) in [6, 6.07) is 14.3. The van der Waals surface area contributed by atoms with Gasteiger partial charge < -0.3 is 14.2 Å². The van der Waals surface area contributed by atoms with E-state index in [-0.39, 0.29) is 24.5 Å². The molecular formula is C17H17NO5. The Morgan fingerprint density at radius 1 is 1.13 bits per heavy atom. The maximum atomic E-state index is 10.8. The normalized spacial score (nSPS) is 18.6. The zero-order chi connectivity index (χ0) is 16.2. The van der Waals surface area contributed by atoms with Crippen LogP contribution in [0.1, 0.15) is 17.0 Å². The van der Waals surface area contributed by atoms with Crippen LogP contribution in [-0.2, 0) is 9.47 Å². The van der Waals surface area contributed by atoms with Gasteiger partial charge in [0.2, 0.25) is 0 Å². The zero-order valence-electron chi connectivity index (χ0n) is 12.7. The van der Waals surface area contributed by atoms with Crippen LogP contribution in [0.5, 0.6) is 5.75 Å². The number of hydrogen-bond acceptors (Lipinski definition) is 5. The van der Waals surface area contributed by atoms with E-state index >= 15 is 0 Å². The molecule has 120 valence electrons. The number of non-ortho nitro benzene ring substituents is 1. The lowest BCUT2D eigenvalue weighted by molar-refractivity contribution is -0.384. The Morgan fingerprint density at radius 3 is 2.22 bits per heavy atom. The molecular weight excluding hydrogens is 298 g/mol. The molecule has 0 bridgehead atoms. The Hall–Kier alpha value is -2.44. The minimum Gasteiger partial charge on any atom is -0.497 e. The van der Waals surface area contributed by atoms with E-state index in [0.717, 1.165) is 16.9 Å². The van der Waals surface area contributed by atoms with Gasteiger partial charge in [-0.05, 0) is 23.3 Å². The second-order valence-corrected chi connectivity index (χ2v) is 5.29. The van der Waals surface area contributed by atoms with Crippen molar-refractivity contribution in [2.75, 3.05) is 20.5 Å². The molecule has 0 radical (unpaired) electrons. The SMILES string of the molecule is COc1ccc([C@@H](c2ccc([N+](=O)[O-])cc2)[C@H]2COCO2)cc1. The lowest BCUT2D eigenvalue weighted by Crippen LogP contribution is -2.22. The van der Waals surface area contributed by atoms with Crippen molar-refractivity contribution >= 4 is 5.69 Å². The van der Waals surface area contributed by atoms with Gasteiger partial charge in [-0.2, -0.15) is 0 Å². The molecule has 1 fully saturated rings. The van der Waals surface area contributed by atoms with E-state index in [1.807, 2.05) is 24.3 Å². The molecule has 0 amide bonds. The number of nitro benzene ring substituents is 1. The molecule has 2 aromatic carbocycles. The third kappa shape index (κ3) is 3.33. The van der Waals surface area contributed by atoms with Crippen molar-refractivity contribution in [3.05, 3.63) is 69.8 Å². The lowest BCUT2D eigenvalue weighted by atomic mass is 9.86. The van der Waals surface area contributed by atoms with Crippen LogP contribution in [0.3, 0.4) is 0 Å². The van der Waals surface area contributed by atoms with Gasteiger partial charge in [-0.1, -0.05) is 24.3 Å². The number of ether oxygens (including phenoxy) is 3. The van der Waals surface area contributed by atoms with E-state index in [1.54, 1.807) is 19.2 Å². The number of nitro groups is 1. The van der Waals surface area contributed by atoms with Gasteiger partial charge in [-0.15, -0.1) is 0 Å². The smallest absolute Gasteiger partial charge is 0.269 e. The summed E-state index contributed by atoms with van der Waals surface area (Å²) < 4.78 is 16.2. The molecule has 0 N–H and O–H groups in total. The first-order chi connectivity index (χ1) is 11.2. The number of nitrogens with zero attached hydrogens (tertiary/aromatic N) is 1. The summed E-state index contributed by atoms with van der Waals surface area (Å²) in [6.45, 7) is 0.762. The molecule has 0 aromatic heterocycles. The first kappa shape index (κ1) is 15.5. The number of hydrogen-bond donors (Lipinski definition) is 0. The Kier molecular flexibility index (Phi) is 4.55. The van der Waals surface area contributed by atoms with E-state index in [2.05, 4.69) is 0 Å². The van der Waals surface area contributed by atoms with Crippen molar-refractivity contribution in [1.82, 2.24) is 0 Å². The van der Waals surface area contributed by atoms with Crippen LogP contribution in [0.15, 0.2) is 48.5 Å². The van der Waals surface area contributed by atoms with Gasteiger partial charge in [0, 0.05) is 18.1 Å². The van der Waals surface area contributed by atoms with E-state index in [9.17, 15) is 10.1 Å². The summed E-state index contributed by atoms with van der Waals surface area (Å²) in [5.74, 6) is 0.726. The average Bonchev–Trinajstić information content (AvgIpc) is 3.10. The molecule has 2 atom stereocenters. The van der Waals surface area contributed by atoms with Crippen molar-refractivity contribution < 1.29 is 19.1 Å². The second-order valence-electron chi connectivity index (χ2n) is 5.29. The number of rotatable bonds is 5. The fourth-order valence-corrected chi connectivity index (χ4v) is 2.78. The maximum absolute atomic E-state index is 10.8. The first-order valence-electron chi connectivity index (χ1n) is 7.26. The van der Waals surface area contributed by atoms with E-state index in [0.29, 0.717) is 6.61 Å². The van der Waals surface area contributed by atoms with Crippen molar-refractivity contribution in [2.45, 2.75) is 12.0 Å². The molecule has 1 heterocycles. The standard InChI is InChI=1S/C17H17NO5/c1-21-15-8-4-13(5-9-15)17(16-10-22-11-23-16)12-2-6-14(7-3-12)18(19)20/h2-9,16-17H,10-11H2,1H3/t16-,17-/m1/s1. The molecule has 2 aromatic rings. The van der Waals surface area contributed by atoms with Crippen LogP contribution in [-0.4, -0.2) is 31.5 Å². The number of benzene rings is 2. The summed E-state index contributed by atoms with van der Waals surface area (Å²) in [7, 11) is 1.62. The van der Waals surface area contributed by atoms with Crippen molar-refractivity contribution in [2.24, 2.45) is 0 Å². The third-order valence-corrected chi connectivity index (χ3v) is 3.96. The van der Waals surface area contributed by atoms with Gasteiger partial charge in [0.1, 0.15) is 12.5 Å². The van der Waals surface area contributed by atoms with Gasteiger partial charge in [-0.25, -0.2) is 0 Å². The maximum Gasteiger partial charge on any atom is 0.269 e. The molecule has 0 aliphatic carbocycles. The summed E-state index contributed by atoms with van der Waals surface area (Å²) in [5, 5.41) is 10.8. The fourth-order valence-electron chi connectivity index (χ4n) is 2.78. The highest BCUT2D eigenvalue weighted by atomic mass is 16.7. The van der Waals surface area contributed by atoms with Crippen LogP contribution in [0.4, 0.5) is 5.69 Å². The Morgan fingerprint density at radius 2 is 1.74 bits per heavy atom. The van der Waals surface area contributed by atoms with Crippen LogP contribution in [0, 0.1) is 10.1 Å². The van der Waals surface area contributed by atoms with Crippen LogP contribution < -0.4 is 4.74 Å². The van der Waals surface area contributed by atoms with Crippen molar-refractivity contribution in [1.29, 1.82) is 0 Å². The Balaban J connectivity index is 1.95. The van der Waals surface area contributed by atoms with Crippen molar-refractivity contribution in [3.8, 4) is 5.75 Å². The van der Waals surface area contributed by atoms with Crippen LogP contribution in [0.25, 0.3) is 0 Å². The second kappa shape index (κ2) is 6.76. The monoisotopic (exact) mass is 315 g/mol. The zero-order valence-corrected chi connectivity index (χ0v) is 12.7. The molecule has 1 aliphatic rings. The Bertz CT molecular complexity index is 662. The largest absolute Gasteiger partial charge is 0.497 e. The van der Waals surface area contributed by atoms with Crippen LogP contribution in [0.2, 0.25) is 0 Å². The van der Waals surface area contributed by atoms with Gasteiger partial charge in [-0.3, -0.25) is 10.1 Å². The molecule has 1 aliphatic heterocycles. The third-order valence-electron chi connectivity index (χ3n) is 3.96. The van der Waals surface area contributed by atoms with E-state index in [1.165, 1.54) is 12.1 Å². The molecule has 23 heavy (non-hydrogen) atoms. The predicted molar refractivity (Wildman–Crippen MR) is 83.6 cm³/mol. The molecule has 0 unspecified atom stereocenters. The summed E-state index contributed by atoms with van der Waals surface area (Å²) in [5.41, 5.74) is 2.08. The average molecular weight is 315 g/mol. The minimum absolute atomic E-state index is 0.0517. The molecule has 1 saturated heterocycles. The fraction of sp³-hybridized carbons (Fsp3) is 0.294. The summed E-state index contributed by atoms with van der Waals surface area (Å²) >= 11 is 0. The molecule has 6 heteroatoms. The highest BCUT2D eigenvalue weighted by Gasteiger charge is 2.29. The lowest BCUT2D eigenvalue weighted by Gasteiger charge is -2.23. The van der Waals surface area contributed by atoms with Gasteiger partial charge >= 0.3 is 0 Å². The topological polar surface area (TPSA) is 70.8 Å². The Labute approximate surface area is 133 Å². The van der Waals surface area contributed by atoms with Crippen molar-refractivity contribution in [3.63, 3.8) is 0 Å². The number of methoxy groups -OCH3 is 1. The molecule has 6 nitrogen and oxygen atoms in total. The van der Waals surface area contributed by atoms with Gasteiger partial charge in [0.05, 0.1) is 24.7 Å².